The van der Waals surface area contributed by atoms with Crippen molar-refractivity contribution in [2.75, 3.05) is 5.32 Å². The van der Waals surface area contributed by atoms with Crippen LogP contribution >= 0.6 is 27.5 Å². The number of amides is 1. The van der Waals surface area contributed by atoms with E-state index in [0.717, 1.165) is 4.68 Å². The first-order valence-electron chi connectivity index (χ1n) is 10.0. The SMILES string of the molecule is Cc1cc(Br)cc(C(O)NC(C)(C)C)c1NC(=O)c1cc(C(F)(F)F)nn1-c1ncccc1Cl. The number of rotatable bonds is 5. The van der Waals surface area contributed by atoms with E-state index >= 15 is 0 Å². The van der Waals surface area contributed by atoms with Gasteiger partial charge in [0.15, 0.2) is 11.5 Å². The minimum atomic E-state index is -4.80. The zero-order valence-corrected chi connectivity index (χ0v) is 21.0. The molecule has 1 atom stereocenters. The van der Waals surface area contributed by atoms with E-state index in [9.17, 15) is 23.1 Å². The molecule has 12 heteroatoms. The number of nitrogens with zero attached hydrogens (tertiary/aromatic N) is 3. The Morgan fingerprint density at radius 3 is 2.50 bits per heavy atom. The number of aliphatic hydroxyl groups is 1. The molecule has 3 aromatic rings. The molecule has 1 aromatic carbocycles. The lowest BCUT2D eigenvalue weighted by Gasteiger charge is -2.27. The molecule has 0 fully saturated rings. The van der Waals surface area contributed by atoms with E-state index in [0.29, 0.717) is 21.7 Å². The summed E-state index contributed by atoms with van der Waals surface area (Å²) in [5.74, 6) is -1.02. The van der Waals surface area contributed by atoms with Gasteiger partial charge in [0, 0.05) is 27.8 Å². The van der Waals surface area contributed by atoms with Gasteiger partial charge in [-0.15, -0.1) is 0 Å². The summed E-state index contributed by atoms with van der Waals surface area (Å²) in [6, 6.07) is 6.86. The molecule has 3 rings (SSSR count). The number of alkyl halides is 3. The molecule has 1 unspecified atom stereocenters. The molecule has 0 radical (unpaired) electrons. The van der Waals surface area contributed by atoms with Crippen molar-refractivity contribution in [2.45, 2.75) is 45.6 Å². The van der Waals surface area contributed by atoms with Crippen LogP contribution in [0.4, 0.5) is 18.9 Å². The second-order valence-corrected chi connectivity index (χ2v) is 9.89. The fraction of sp³-hybridized carbons (Fsp3) is 0.318. The van der Waals surface area contributed by atoms with E-state index in [2.05, 4.69) is 36.6 Å². The number of aromatic nitrogens is 3. The lowest BCUT2D eigenvalue weighted by Crippen LogP contribution is -2.39. The van der Waals surface area contributed by atoms with Crippen LogP contribution < -0.4 is 10.6 Å². The van der Waals surface area contributed by atoms with Gasteiger partial charge in [-0.05, 0) is 57.5 Å². The van der Waals surface area contributed by atoms with Crippen molar-refractivity contribution in [2.24, 2.45) is 0 Å². The zero-order chi connectivity index (χ0) is 25.4. The third kappa shape index (κ3) is 5.96. The molecule has 3 N–H and O–H groups in total. The molecule has 34 heavy (non-hydrogen) atoms. The highest BCUT2D eigenvalue weighted by atomic mass is 79.9. The van der Waals surface area contributed by atoms with Gasteiger partial charge in [-0.3, -0.25) is 10.1 Å². The third-order valence-electron chi connectivity index (χ3n) is 4.61. The van der Waals surface area contributed by atoms with E-state index in [4.69, 9.17) is 11.6 Å². The number of carbonyl (C=O) groups is 1. The molecule has 2 heterocycles. The average molecular weight is 561 g/mol. The number of aryl methyl sites for hydroxylation is 1. The molecule has 0 aliphatic heterocycles. The van der Waals surface area contributed by atoms with Crippen LogP contribution in [0.25, 0.3) is 5.82 Å². The largest absolute Gasteiger partial charge is 0.435 e. The number of aliphatic hydroxyl groups excluding tert-OH is 1. The minimum absolute atomic E-state index is 0.0127. The maximum absolute atomic E-state index is 13.4. The Morgan fingerprint density at radius 1 is 1.24 bits per heavy atom. The van der Waals surface area contributed by atoms with Crippen LogP contribution in [0.2, 0.25) is 5.02 Å². The lowest BCUT2D eigenvalue weighted by atomic mass is 10.0. The number of halogens is 5. The van der Waals surface area contributed by atoms with E-state index in [1.165, 1.54) is 18.3 Å². The first kappa shape index (κ1) is 26.1. The van der Waals surface area contributed by atoms with Gasteiger partial charge in [0.05, 0.1) is 10.7 Å². The number of pyridine rings is 1. The number of hydrogen-bond acceptors (Lipinski definition) is 5. The number of benzene rings is 1. The third-order valence-corrected chi connectivity index (χ3v) is 5.36. The molecule has 0 aliphatic carbocycles. The zero-order valence-electron chi connectivity index (χ0n) is 18.6. The minimum Gasteiger partial charge on any atom is -0.374 e. The van der Waals surface area contributed by atoms with E-state index in [-0.39, 0.29) is 16.5 Å². The summed E-state index contributed by atoms with van der Waals surface area (Å²) in [4.78, 5) is 17.2. The summed E-state index contributed by atoms with van der Waals surface area (Å²) < 4.78 is 41.6. The van der Waals surface area contributed by atoms with Gasteiger partial charge in [0.1, 0.15) is 11.9 Å². The van der Waals surface area contributed by atoms with Crippen molar-refractivity contribution in [3.8, 4) is 5.82 Å². The first-order chi connectivity index (χ1) is 15.7. The summed E-state index contributed by atoms with van der Waals surface area (Å²) >= 11 is 9.48. The molecule has 0 saturated heterocycles. The molecule has 0 spiro atoms. The molecule has 182 valence electrons. The quantitative estimate of drug-likeness (QED) is 0.351. The van der Waals surface area contributed by atoms with Crippen LogP contribution in [0.5, 0.6) is 0 Å². The second-order valence-electron chi connectivity index (χ2n) is 8.57. The predicted molar refractivity (Wildman–Crippen MR) is 126 cm³/mol. The maximum atomic E-state index is 13.4. The van der Waals surface area contributed by atoms with Crippen LogP contribution in [0.3, 0.4) is 0 Å². The van der Waals surface area contributed by atoms with Crippen molar-refractivity contribution >= 4 is 39.1 Å². The average Bonchev–Trinajstić information content (AvgIpc) is 3.14. The van der Waals surface area contributed by atoms with E-state index in [1.807, 2.05) is 20.8 Å². The highest BCUT2D eigenvalue weighted by molar-refractivity contribution is 9.10. The van der Waals surface area contributed by atoms with Gasteiger partial charge in [-0.2, -0.15) is 18.3 Å². The summed E-state index contributed by atoms with van der Waals surface area (Å²) in [7, 11) is 0. The lowest BCUT2D eigenvalue weighted by molar-refractivity contribution is -0.141. The van der Waals surface area contributed by atoms with E-state index < -0.39 is 35.2 Å². The normalized spacial score (nSPS) is 13.1. The van der Waals surface area contributed by atoms with Crippen LogP contribution in [0, 0.1) is 6.92 Å². The van der Waals surface area contributed by atoms with Crippen LogP contribution in [-0.4, -0.2) is 31.3 Å². The molecular formula is C22H22BrClF3N5O2. The van der Waals surface area contributed by atoms with Crippen molar-refractivity contribution in [3.05, 3.63) is 68.5 Å². The van der Waals surface area contributed by atoms with Gasteiger partial charge in [-0.1, -0.05) is 27.5 Å². The number of hydrogen-bond donors (Lipinski definition) is 3. The van der Waals surface area contributed by atoms with Crippen molar-refractivity contribution in [1.29, 1.82) is 0 Å². The van der Waals surface area contributed by atoms with Gasteiger partial charge in [0.25, 0.3) is 5.91 Å². The molecular weight excluding hydrogens is 539 g/mol. The Kier molecular flexibility index (Phi) is 7.42. The van der Waals surface area contributed by atoms with E-state index in [1.54, 1.807) is 19.1 Å². The monoisotopic (exact) mass is 559 g/mol. The summed E-state index contributed by atoms with van der Waals surface area (Å²) in [6.07, 6.45) is -4.65. The van der Waals surface area contributed by atoms with Crippen LogP contribution in [0.1, 0.15) is 54.3 Å². The second kappa shape index (κ2) is 9.65. The summed E-state index contributed by atoms with van der Waals surface area (Å²) in [6.45, 7) is 7.26. The van der Waals surface area contributed by atoms with Gasteiger partial charge in [-0.25, -0.2) is 9.67 Å². The Balaban J connectivity index is 2.09. The molecule has 7 nitrogen and oxygen atoms in total. The fourth-order valence-electron chi connectivity index (χ4n) is 3.20. The van der Waals surface area contributed by atoms with Crippen LogP contribution in [0.15, 0.2) is 41.0 Å². The first-order valence-corrected chi connectivity index (χ1v) is 11.2. The molecule has 0 aliphatic rings. The standard InChI is InChI=1S/C22H22BrClF3N5O2/c1-11-8-12(23)9-13(19(33)30-21(2,3)4)17(11)29-20(34)15-10-16(22(25,26)27)31-32(15)18-14(24)6-5-7-28-18/h5-10,19,30,33H,1-4H3,(H,29,34). The Bertz CT molecular complexity index is 1220. The summed E-state index contributed by atoms with van der Waals surface area (Å²) in [5.41, 5.74) is -1.03. The highest BCUT2D eigenvalue weighted by Crippen LogP contribution is 2.33. The Labute approximate surface area is 207 Å². The Hall–Kier alpha value is -2.47. The molecule has 2 aromatic heterocycles. The molecule has 0 bridgehead atoms. The summed E-state index contributed by atoms with van der Waals surface area (Å²) in [5, 5.41) is 19.9. The van der Waals surface area contributed by atoms with Gasteiger partial charge >= 0.3 is 6.18 Å². The number of carbonyl (C=O) groups excluding carboxylic acids is 1. The smallest absolute Gasteiger partial charge is 0.374 e. The fourth-order valence-corrected chi connectivity index (χ4v) is 3.99. The predicted octanol–water partition coefficient (Wildman–Crippen LogP) is 5.64. The maximum Gasteiger partial charge on any atom is 0.435 e. The van der Waals surface area contributed by atoms with Crippen molar-refractivity contribution < 1.29 is 23.1 Å². The number of nitrogens with one attached hydrogen (secondary N) is 2. The van der Waals surface area contributed by atoms with Crippen LogP contribution in [-0.2, 0) is 6.18 Å². The molecule has 1 amide bonds. The van der Waals surface area contributed by atoms with Gasteiger partial charge in [0.2, 0.25) is 0 Å². The molecule has 0 saturated carbocycles. The van der Waals surface area contributed by atoms with Crippen molar-refractivity contribution in [3.63, 3.8) is 0 Å². The number of anilines is 1. The van der Waals surface area contributed by atoms with Crippen molar-refractivity contribution in [1.82, 2.24) is 20.1 Å². The highest BCUT2D eigenvalue weighted by Gasteiger charge is 2.37. The van der Waals surface area contributed by atoms with Gasteiger partial charge < -0.3 is 10.4 Å². The topological polar surface area (TPSA) is 92.1 Å². The Morgan fingerprint density at radius 2 is 1.91 bits per heavy atom.